The third-order valence-corrected chi connectivity index (χ3v) is 1.75. The molecule has 1 amide bonds. The molecule has 0 fully saturated rings. The lowest BCUT2D eigenvalue weighted by Gasteiger charge is -2.10. The largest absolute Gasteiger partial charge is 0.359 e. The average Bonchev–Trinajstić information content (AvgIpc) is 1.99. The van der Waals surface area contributed by atoms with Crippen molar-refractivity contribution in [2.75, 3.05) is 7.05 Å². The molecule has 0 saturated heterocycles. The van der Waals surface area contributed by atoms with Crippen LogP contribution < -0.4 is 5.32 Å². The van der Waals surface area contributed by atoms with E-state index in [1.54, 1.807) is 7.05 Å². The Labute approximate surface area is 64.5 Å². The van der Waals surface area contributed by atoms with E-state index in [0.29, 0.717) is 0 Å². The molecule has 0 aliphatic carbocycles. The van der Waals surface area contributed by atoms with Crippen LogP contribution in [0.3, 0.4) is 0 Å². The van der Waals surface area contributed by atoms with E-state index in [-0.39, 0.29) is 13.3 Å². The molecule has 0 saturated carbocycles. The SMILES string of the molecule is CCCC(CC)C(=O)NC.[HH]. The monoisotopic (exact) mass is 145 g/mol. The van der Waals surface area contributed by atoms with Crippen molar-refractivity contribution >= 4 is 5.91 Å². The molecular weight excluding hydrogens is 126 g/mol. The summed E-state index contributed by atoms with van der Waals surface area (Å²) < 4.78 is 0. The Morgan fingerprint density at radius 3 is 2.50 bits per heavy atom. The van der Waals surface area contributed by atoms with E-state index in [1.807, 2.05) is 0 Å². The molecule has 0 aromatic rings. The van der Waals surface area contributed by atoms with Crippen molar-refractivity contribution in [3.8, 4) is 0 Å². The zero-order valence-electron chi connectivity index (χ0n) is 7.11. The lowest BCUT2D eigenvalue weighted by atomic mass is 10.0. The van der Waals surface area contributed by atoms with Crippen molar-refractivity contribution < 1.29 is 6.22 Å². The van der Waals surface area contributed by atoms with E-state index in [1.165, 1.54) is 0 Å². The van der Waals surface area contributed by atoms with Gasteiger partial charge >= 0.3 is 0 Å². The van der Waals surface area contributed by atoms with Gasteiger partial charge in [0, 0.05) is 14.4 Å². The van der Waals surface area contributed by atoms with Gasteiger partial charge in [0.15, 0.2) is 0 Å². The number of hydrogen-bond acceptors (Lipinski definition) is 1. The van der Waals surface area contributed by atoms with Crippen molar-refractivity contribution in [1.29, 1.82) is 0 Å². The summed E-state index contributed by atoms with van der Waals surface area (Å²) in [4.78, 5) is 11.0. The number of hydrogen-bond donors (Lipinski definition) is 1. The Hall–Kier alpha value is -0.530. The highest BCUT2D eigenvalue weighted by Gasteiger charge is 2.12. The summed E-state index contributed by atoms with van der Waals surface area (Å²) in [7, 11) is 1.70. The summed E-state index contributed by atoms with van der Waals surface area (Å²) in [6, 6.07) is 0. The predicted molar refractivity (Wildman–Crippen MR) is 44.9 cm³/mol. The molecule has 0 aromatic heterocycles. The fraction of sp³-hybridized carbons (Fsp3) is 0.875. The minimum absolute atomic E-state index is 0. The number of amides is 1. The molecule has 1 atom stereocenters. The molecule has 0 aliphatic rings. The van der Waals surface area contributed by atoms with Gasteiger partial charge < -0.3 is 5.32 Å². The predicted octanol–water partition coefficient (Wildman–Crippen LogP) is 1.80. The highest BCUT2D eigenvalue weighted by atomic mass is 16.1. The first-order valence-electron chi connectivity index (χ1n) is 3.97. The Bertz CT molecular complexity index is 106. The lowest BCUT2D eigenvalue weighted by Crippen LogP contribution is -2.26. The summed E-state index contributed by atoms with van der Waals surface area (Å²) >= 11 is 0. The maximum atomic E-state index is 11.0. The van der Waals surface area contributed by atoms with Gasteiger partial charge in [-0.05, 0) is 12.8 Å². The van der Waals surface area contributed by atoms with Crippen molar-refractivity contribution in [3.05, 3.63) is 0 Å². The minimum Gasteiger partial charge on any atom is -0.359 e. The van der Waals surface area contributed by atoms with Crippen LogP contribution in [-0.4, -0.2) is 13.0 Å². The van der Waals surface area contributed by atoms with Crippen LogP contribution in [0.5, 0.6) is 0 Å². The highest BCUT2D eigenvalue weighted by molar-refractivity contribution is 5.78. The van der Waals surface area contributed by atoms with Crippen LogP contribution in [0, 0.1) is 5.92 Å². The van der Waals surface area contributed by atoms with Crippen LogP contribution in [0.2, 0.25) is 0 Å². The number of rotatable bonds is 4. The van der Waals surface area contributed by atoms with Crippen molar-refractivity contribution in [1.82, 2.24) is 5.32 Å². The first kappa shape index (κ1) is 9.47. The fourth-order valence-corrected chi connectivity index (χ4v) is 1.07. The molecule has 1 unspecified atom stereocenters. The van der Waals surface area contributed by atoms with Gasteiger partial charge in [0.25, 0.3) is 0 Å². The topological polar surface area (TPSA) is 29.1 Å². The molecule has 0 aliphatic heterocycles. The van der Waals surface area contributed by atoms with E-state index >= 15 is 0 Å². The molecule has 62 valence electrons. The van der Waals surface area contributed by atoms with Crippen LogP contribution in [0.15, 0.2) is 0 Å². The van der Waals surface area contributed by atoms with Gasteiger partial charge in [0.1, 0.15) is 0 Å². The molecule has 0 rings (SSSR count). The molecule has 1 N–H and O–H groups in total. The lowest BCUT2D eigenvalue weighted by molar-refractivity contribution is -0.124. The van der Waals surface area contributed by atoms with Crippen LogP contribution >= 0.6 is 0 Å². The van der Waals surface area contributed by atoms with Crippen LogP contribution in [0.4, 0.5) is 0 Å². The molecule has 10 heavy (non-hydrogen) atoms. The third-order valence-electron chi connectivity index (χ3n) is 1.75. The van der Waals surface area contributed by atoms with Crippen LogP contribution in [-0.2, 0) is 4.79 Å². The molecular formula is C8H19NO. The Morgan fingerprint density at radius 1 is 1.60 bits per heavy atom. The highest BCUT2D eigenvalue weighted by Crippen LogP contribution is 2.09. The van der Waals surface area contributed by atoms with E-state index in [0.717, 1.165) is 19.3 Å². The molecule has 2 nitrogen and oxygen atoms in total. The number of carbonyl (C=O) groups is 1. The first-order valence-corrected chi connectivity index (χ1v) is 3.97. The number of nitrogens with one attached hydrogen (secondary N) is 1. The van der Waals surface area contributed by atoms with Gasteiger partial charge in [0.05, 0.1) is 0 Å². The zero-order valence-corrected chi connectivity index (χ0v) is 7.11. The summed E-state index contributed by atoms with van der Waals surface area (Å²) in [6.45, 7) is 4.15. The van der Waals surface area contributed by atoms with E-state index in [4.69, 9.17) is 0 Å². The normalized spacial score (nSPS) is 12.7. The van der Waals surface area contributed by atoms with Crippen molar-refractivity contribution in [2.45, 2.75) is 33.1 Å². The quantitative estimate of drug-likeness (QED) is 0.642. The molecule has 0 bridgehead atoms. The molecule has 2 heteroatoms. The van der Waals surface area contributed by atoms with Gasteiger partial charge in [0.2, 0.25) is 5.91 Å². The van der Waals surface area contributed by atoms with Crippen molar-refractivity contribution in [3.63, 3.8) is 0 Å². The van der Waals surface area contributed by atoms with E-state index in [9.17, 15) is 4.79 Å². The second-order valence-electron chi connectivity index (χ2n) is 2.51. The molecule has 0 spiro atoms. The van der Waals surface area contributed by atoms with Crippen LogP contribution in [0.25, 0.3) is 0 Å². The maximum Gasteiger partial charge on any atom is 0.222 e. The Kier molecular flexibility index (Phi) is 4.99. The third kappa shape index (κ3) is 2.85. The average molecular weight is 145 g/mol. The smallest absolute Gasteiger partial charge is 0.222 e. The number of carbonyl (C=O) groups excluding carboxylic acids is 1. The minimum atomic E-state index is 0. The Morgan fingerprint density at radius 2 is 2.20 bits per heavy atom. The zero-order chi connectivity index (χ0) is 7.98. The second kappa shape index (κ2) is 5.27. The summed E-state index contributed by atoms with van der Waals surface area (Å²) in [5.74, 6) is 0.416. The van der Waals surface area contributed by atoms with Gasteiger partial charge in [-0.25, -0.2) is 0 Å². The molecule has 0 heterocycles. The summed E-state index contributed by atoms with van der Waals surface area (Å²) in [6.07, 6.45) is 3.05. The molecule has 0 aromatic carbocycles. The summed E-state index contributed by atoms with van der Waals surface area (Å²) in [5, 5.41) is 2.66. The van der Waals surface area contributed by atoms with E-state index in [2.05, 4.69) is 19.2 Å². The van der Waals surface area contributed by atoms with E-state index < -0.39 is 0 Å². The fourth-order valence-electron chi connectivity index (χ4n) is 1.07. The molecule has 0 radical (unpaired) electrons. The maximum absolute atomic E-state index is 11.0. The Balaban J connectivity index is 0. The van der Waals surface area contributed by atoms with Gasteiger partial charge in [-0.3, -0.25) is 4.79 Å². The second-order valence-corrected chi connectivity index (χ2v) is 2.51. The van der Waals surface area contributed by atoms with Crippen molar-refractivity contribution in [2.24, 2.45) is 5.92 Å². The first-order chi connectivity index (χ1) is 4.76. The summed E-state index contributed by atoms with van der Waals surface area (Å²) in [5.41, 5.74) is 0. The van der Waals surface area contributed by atoms with Gasteiger partial charge in [-0.2, -0.15) is 0 Å². The van der Waals surface area contributed by atoms with Gasteiger partial charge in [-0.1, -0.05) is 20.3 Å². The van der Waals surface area contributed by atoms with Gasteiger partial charge in [-0.15, -0.1) is 0 Å². The van der Waals surface area contributed by atoms with Crippen LogP contribution in [0.1, 0.15) is 34.5 Å². The standard InChI is InChI=1S/C8H17NO.H2/c1-4-6-7(5-2)8(10)9-3;/h7H,4-6H2,1-3H3,(H,9,10);1H.